The van der Waals surface area contributed by atoms with Crippen LogP contribution >= 0.6 is 0 Å². The van der Waals surface area contributed by atoms with Gasteiger partial charge in [-0.2, -0.15) is 0 Å². The summed E-state index contributed by atoms with van der Waals surface area (Å²) in [5, 5.41) is 13.9. The van der Waals surface area contributed by atoms with Crippen molar-refractivity contribution in [1.82, 2.24) is 10.2 Å². The molecule has 0 radical (unpaired) electrons. The molecule has 1 amide bonds. The number of nitro benzene ring substituents is 1. The molecular formula is C20H25N3O4. The third-order valence-corrected chi connectivity index (χ3v) is 4.31. The molecule has 2 rings (SSSR count). The highest BCUT2D eigenvalue weighted by molar-refractivity contribution is 5.78. The Kier molecular flexibility index (Phi) is 7.31. The quantitative estimate of drug-likeness (QED) is 0.541. The lowest BCUT2D eigenvalue weighted by molar-refractivity contribution is -0.384. The van der Waals surface area contributed by atoms with E-state index < -0.39 is 4.92 Å². The van der Waals surface area contributed by atoms with Crippen molar-refractivity contribution in [3.05, 3.63) is 69.8 Å². The van der Waals surface area contributed by atoms with E-state index in [0.29, 0.717) is 18.8 Å². The molecular weight excluding hydrogens is 346 g/mol. The number of likely N-dealkylation sites (N-methyl/N-ethyl adjacent to an activating group) is 1. The molecule has 1 atom stereocenters. The molecule has 0 fully saturated rings. The number of benzene rings is 2. The summed E-state index contributed by atoms with van der Waals surface area (Å²) in [6, 6.07) is 14.2. The first kappa shape index (κ1) is 20.4. The number of carbonyl (C=O) groups excluding carboxylic acids is 1. The third kappa shape index (κ3) is 6.07. The lowest BCUT2D eigenvalue weighted by Crippen LogP contribution is -2.23. The Balaban J connectivity index is 1.89. The molecule has 0 bridgehead atoms. The van der Waals surface area contributed by atoms with Gasteiger partial charge in [-0.1, -0.05) is 24.3 Å². The minimum Gasteiger partial charge on any atom is -0.494 e. The molecule has 0 aliphatic carbocycles. The molecule has 2 aromatic rings. The number of non-ortho nitro benzene ring substituents is 1. The highest BCUT2D eigenvalue weighted by atomic mass is 16.6. The molecule has 7 nitrogen and oxygen atoms in total. The minimum atomic E-state index is -0.434. The van der Waals surface area contributed by atoms with Crippen molar-refractivity contribution in [3.8, 4) is 5.75 Å². The monoisotopic (exact) mass is 371 g/mol. The molecule has 0 saturated carbocycles. The first-order valence-electron chi connectivity index (χ1n) is 8.74. The number of ether oxygens (including phenoxy) is 1. The summed E-state index contributed by atoms with van der Waals surface area (Å²) in [5.41, 5.74) is 2.14. The molecule has 1 N–H and O–H groups in total. The van der Waals surface area contributed by atoms with E-state index in [1.807, 2.05) is 31.3 Å². The second-order valence-electron chi connectivity index (χ2n) is 6.44. The predicted octanol–water partition coefficient (Wildman–Crippen LogP) is 2.96. The van der Waals surface area contributed by atoms with Gasteiger partial charge in [-0.15, -0.1) is 0 Å². The summed E-state index contributed by atoms with van der Waals surface area (Å²) in [5.74, 6) is 0.678. The molecule has 2 aromatic carbocycles. The van der Waals surface area contributed by atoms with Crippen LogP contribution in [0.4, 0.5) is 5.69 Å². The van der Waals surface area contributed by atoms with Crippen LogP contribution in [0.1, 0.15) is 23.6 Å². The van der Waals surface area contributed by atoms with Crippen LogP contribution in [0.5, 0.6) is 5.75 Å². The fourth-order valence-corrected chi connectivity index (χ4v) is 2.64. The van der Waals surface area contributed by atoms with Crippen molar-refractivity contribution < 1.29 is 14.5 Å². The van der Waals surface area contributed by atoms with Crippen LogP contribution in [0.15, 0.2) is 48.5 Å². The zero-order chi connectivity index (χ0) is 19.8. The van der Waals surface area contributed by atoms with E-state index in [2.05, 4.69) is 5.32 Å². The molecule has 0 aliphatic rings. The lowest BCUT2D eigenvalue weighted by atomic mass is 10.0. The van der Waals surface area contributed by atoms with Gasteiger partial charge in [0.15, 0.2) is 0 Å². The predicted molar refractivity (Wildman–Crippen MR) is 104 cm³/mol. The SMILES string of the molecule is CNC(CCOc1ccc([N+](=O)[O-])cc1)c1ccc(CC(=O)N(C)C)cc1. The van der Waals surface area contributed by atoms with Crippen LogP contribution in [0.25, 0.3) is 0 Å². The Hall–Kier alpha value is -2.93. The number of nitro groups is 1. The van der Waals surface area contributed by atoms with Crippen LogP contribution in [-0.2, 0) is 11.2 Å². The molecule has 7 heteroatoms. The lowest BCUT2D eigenvalue weighted by Gasteiger charge is -2.18. The molecule has 1 unspecified atom stereocenters. The zero-order valence-electron chi connectivity index (χ0n) is 15.8. The van der Waals surface area contributed by atoms with Crippen LogP contribution in [0.2, 0.25) is 0 Å². The van der Waals surface area contributed by atoms with Crippen LogP contribution < -0.4 is 10.1 Å². The number of hydrogen-bond donors (Lipinski definition) is 1. The molecule has 27 heavy (non-hydrogen) atoms. The Morgan fingerprint density at radius 3 is 2.30 bits per heavy atom. The number of nitrogens with zero attached hydrogens (tertiary/aromatic N) is 2. The van der Waals surface area contributed by atoms with Gasteiger partial charge in [-0.05, 0) is 30.3 Å². The van der Waals surface area contributed by atoms with Crippen molar-refractivity contribution in [2.24, 2.45) is 0 Å². The standard InChI is InChI=1S/C20H25N3O4/c1-21-19(12-13-27-18-10-8-17(9-11-18)23(25)26)16-6-4-15(5-7-16)14-20(24)22(2)3/h4-11,19,21H,12-14H2,1-3H3. The van der Waals surface area contributed by atoms with Gasteiger partial charge in [0.1, 0.15) is 5.75 Å². The molecule has 0 heterocycles. The van der Waals surface area contributed by atoms with E-state index in [9.17, 15) is 14.9 Å². The summed E-state index contributed by atoms with van der Waals surface area (Å²) < 4.78 is 5.68. The summed E-state index contributed by atoms with van der Waals surface area (Å²) >= 11 is 0. The van der Waals surface area contributed by atoms with Crippen LogP contribution in [-0.4, -0.2) is 43.5 Å². The zero-order valence-corrected chi connectivity index (χ0v) is 15.8. The molecule has 0 saturated heterocycles. The van der Waals surface area contributed by atoms with Crippen molar-refractivity contribution in [2.45, 2.75) is 18.9 Å². The van der Waals surface area contributed by atoms with Gasteiger partial charge in [0.2, 0.25) is 5.91 Å². The normalized spacial score (nSPS) is 11.7. The van der Waals surface area contributed by atoms with E-state index in [1.54, 1.807) is 31.1 Å². The average molecular weight is 371 g/mol. The second kappa shape index (κ2) is 9.68. The summed E-state index contributed by atoms with van der Waals surface area (Å²) in [4.78, 5) is 23.6. The largest absolute Gasteiger partial charge is 0.494 e. The van der Waals surface area contributed by atoms with Gasteiger partial charge in [0.05, 0.1) is 18.0 Å². The molecule has 0 spiro atoms. The van der Waals surface area contributed by atoms with E-state index in [1.165, 1.54) is 12.1 Å². The van der Waals surface area contributed by atoms with Crippen molar-refractivity contribution >= 4 is 11.6 Å². The first-order chi connectivity index (χ1) is 12.9. The first-order valence-corrected chi connectivity index (χ1v) is 8.74. The number of nitrogens with one attached hydrogen (secondary N) is 1. The highest BCUT2D eigenvalue weighted by Crippen LogP contribution is 2.20. The van der Waals surface area contributed by atoms with Gasteiger partial charge < -0.3 is 15.0 Å². The Labute approximate surface area is 159 Å². The van der Waals surface area contributed by atoms with Crippen LogP contribution in [0.3, 0.4) is 0 Å². The van der Waals surface area contributed by atoms with Crippen molar-refractivity contribution in [2.75, 3.05) is 27.7 Å². The second-order valence-corrected chi connectivity index (χ2v) is 6.44. The maximum absolute atomic E-state index is 11.8. The van der Waals surface area contributed by atoms with E-state index in [-0.39, 0.29) is 17.6 Å². The third-order valence-electron chi connectivity index (χ3n) is 4.31. The summed E-state index contributed by atoms with van der Waals surface area (Å²) in [7, 11) is 5.39. The summed E-state index contributed by atoms with van der Waals surface area (Å²) in [6.45, 7) is 0.476. The minimum absolute atomic E-state index is 0.0447. The number of carbonyl (C=O) groups is 1. The smallest absolute Gasteiger partial charge is 0.269 e. The maximum atomic E-state index is 11.8. The van der Waals surface area contributed by atoms with Crippen molar-refractivity contribution in [1.29, 1.82) is 0 Å². The van der Waals surface area contributed by atoms with Crippen LogP contribution in [0, 0.1) is 10.1 Å². The van der Waals surface area contributed by atoms with Gasteiger partial charge in [0.25, 0.3) is 5.69 Å². The molecule has 144 valence electrons. The van der Waals surface area contributed by atoms with Gasteiger partial charge in [0, 0.05) is 38.7 Å². The number of amides is 1. The maximum Gasteiger partial charge on any atom is 0.269 e. The van der Waals surface area contributed by atoms with Gasteiger partial charge >= 0.3 is 0 Å². The van der Waals surface area contributed by atoms with E-state index in [0.717, 1.165) is 17.5 Å². The van der Waals surface area contributed by atoms with Gasteiger partial charge in [-0.3, -0.25) is 14.9 Å². The van der Waals surface area contributed by atoms with E-state index >= 15 is 0 Å². The topological polar surface area (TPSA) is 84.7 Å². The Bertz CT molecular complexity index is 758. The molecule has 0 aromatic heterocycles. The fraction of sp³-hybridized carbons (Fsp3) is 0.350. The van der Waals surface area contributed by atoms with Gasteiger partial charge in [-0.25, -0.2) is 0 Å². The molecule has 0 aliphatic heterocycles. The number of hydrogen-bond acceptors (Lipinski definition) is 5. The number of rotatable bonds is 9. The average Bonchev–Trinajstić information content (AvgIpc) is 2.66. The fourth-order valence-electron chi connectivity index (χ4n) is 2.64. The Morgan fingerprint density at radius 1 is 1.15 bits per heavy atom. The van der Waals surface area contributed by atoms with E-state index in [4.69, 9.17) is 4.74 Å². The summed E-state index contributed by atoms with van der Waals surface area (Å²) in [6.07, 6.45) is 1.13. The Morgan fingerprint density at radius 2 is 1.78 bits per heavy atom. The van der Waals surface area contributed by atoms with Crippen molar-refractivity contribution in [3.63, 3.8) is 0 Å². The highest BCUT2D eigenvalue weighted by Gasteiger charge is 2.11.